The van der Waals surface area contributed by atoms with Gasteiger partial charge in [0.15, 0.2) is 0 Å². The monoisotopic (exact) mass is 292 g/mol. The molecule has 0 aliphatic carbocycles. The number of hydrogen-bond donors (Lipinski definition) is 1. The Bertz CT molecular complexity index is 335. The summed E-state index contributed by atoms with van der Waals surface area (Å²) in [6.45, 7) is 12.9. The van der Waals surface area contributed by atoms with Gasteiger partial charge >= 0.3 is 0 Å². The molecule has 0 saturated carbocycles. The Kier molecular flexibility index (Phi) is 4.23. The molecule has 4 aliphatic rings. The molecule has 0 unspecified atom stereocenters. The van der Waals surface area contributed by atoms with Gasteiger partial charge in [-0.2, -0.15) is 0 Å². The summed E-state index contributed by atoms with van der Waals surface area (Å²) in [5, 5.41) is 3.41. The van der Waals surface area contributed by atoms with Crippen molar-refractivity contribution in [3.63, 3.8) is 0 Å². The summed E-state index contributed by atoms with van der Waals surface area (Å²) in [4.78, 5) is 8.27. The van der Waals surface area contributed by atoms with Gasteiger partial charge in [0.2, 0.25) is 0 Å². The molecular formula is C17H32N4. The van der Waals surface area contributed by atoms with Gasteiger partial charge < -0.3 is 10.2 Å². The van der Waals surface area contributed by atoms with Crippen LogP contribution in [-0.4, -0.2) is 85.2 Å². The van der Waals surface area contributed by atoms with E-state index in [2.05, 4.69) is 26.9 Å². The highest BCUT2D eigenvalue weighted by atomic mass is 15.3. The molecular weight excluding hydrogens is 260 g/mol. The molecule has 4 nitrogen and oxygen atoms in total. The van der Waals surface area contributed by atoms with Gasteiger partial charge in [0.1, 0.15) is 0 Å². The van der Waals surface area contributed by atoms with Crippen molar-refractivity contribution in [2.24, 2.45) is 5.92 Å². The SMILES string of the molecule is CC1CN(C2CCN(C3CCN(C4CNC4)CC3)CC2)C1. The van der Waals surface area contributed by atoms with Gasteiger partial charge in [0.25, 0.3) is 0 Å². The van der Waals surface area contributed by atoms with Crippen LogP contribution in [0.15, 0.2) is 0 Å². The Morgan fingerprint density at radius 1 is 0.667 bits per heavy atom. The zero-order valence-electron chi connectivity index (χ0n) is 13.6. The molecule has 120 valence electrons. The summed E-state index contributed by atoms with van der Waals surface area (Å²) in [7, 11) is 0. The third-order valence-corrected chi connectivity index (χ3v) is 6.40. The van der Waals surface area contributed by atoms with Crippen LogP contribution in [-0.2, 0) is 0 Å². The molecule has 0 aromatic carbocycles. The van der Waals surface area contributed by atoms with E-state index in [0.717, 1.165) is 24.0 Å². The maximum Gasteiger partial charge on any atom is 0.0345 e. The van der Waals surface area contributed by atoms with Crippen molar-refractivity contribution in [3.8, 4) is 0 Å². The predicted octanol–water partition coefficient (Wildman–Crippen LogP) is 0.839. The van der Waals surface area contributed by atoms with Crippen molar-refractivity contribution in [1.29, 1.82) is 0 Å². The van der Waals surface area contributed by atoms with Crippen LogP contribution in [0.4, 0.5) is 0 Å². The van der Waals surface area contributed by atoms with E-state index < -0.39 is 0 Å². The van der Waals surface area contributed by atoms with Crippen molar-refractivity contribution >= 4 is 0 Å². The van der Waals surface area contributed by atoms with Crippen LogP contribution in [0.25, 0.3) is 0 Å². The molecule has 4 fully saturated rings. The van der Waals surface area contributed by atoms with Gasteiger partial charge in [-0.05, 0) is 44.7 Å². The Morgan fingerprint density at radius 3 is 1.57 bits per heavy atom. The largest absolute Gasteiger partial charge is 0.314 e. The highest BCUT2D eigenvalue weighted by Gasteiger charge is 2.35. The molecule has 4 heterocycles. The first-order valence-corrected chi connectivity index (χ1v) is 9.22. The molecule has 4 saturated heterocycles. The fourth-order valence-corrected chi connectivity index (χ4v) is 4.81. The van der Waals surface area contributed by atoms with Crippen LogP contribution < -0.4 is 5.32 Å². The molecule has 1 N–H and O–H groups in total. The third-order valence-electron chi connectivity index (χ3n) is 6.40. The fraction of sp³-hybridized carbons (Fsp3) is 1.00. The number of nitrogens with one attached hydrogen (secondary N) is 1. The lowest BCUT2D eigenvalue weighted by Gasteiger charge is -2.49. The van der Waals surface area contributed by atoms with E-state index in [4.69, 9.17) is 0 Å². The Labute approximate surface area is 129 Å². The second-order valence-electron chi connectivity index (χ2n) is 7.91. The van der Waals surface area contributed by atoms with Crippen LogP contribution in [0.5, 0.6) is 0 Å². The normalized spacial score (nSPS) is 33.0. The Hall–Kier alpha value is -0.160. The highest BCUT2D eigenvalue weighted by Crippen LogP contribution is 2.27. The third kappa shape index (κ3) is 3.00. The topological polar surface area (TPSA) is 21.8 Å². The molecule has 0 aromatic heterocycles. The summed E-state index contributed by atoms with van der Waals surface area (Å²) in [5.41, 5.74) is 0. The van der Waals surface area contributed by atoms with Gasteiger partial charge in [0.05, 0.1) is 0 Å². The van der Waals surface area contributed by atoms with Crippen LogP contribution in [0.3, 0.4) is 0 Å². The van der Waals surface area contributed by atoms with E-state index in [1.807, 2.05) is 0 Å². The molecule has 4 aliphatic heterocycles. The number of hydrogen-bond acceptors (Lipinski definition) is 4. The van der Waals surface area contributed by atoms with E-state index in [-0.39, 0.29) is 0 Å². The van der Waals surface area contributed by atoms with Crippen molar-refractivity contribution in [3.05, 3.63) is 0 Å². The standard InChI is InChI=1S/C17H32N4/c1-14-12-21(13-14)16-4-6-19(7-5-16)15-2-8-20(9-3-15)17-10-18-11-17/h14-18H,2-13H2,1H3. The molecule has 0 spiro atoms. The smallest absolute Gasteiger partial charge is 0.0345 e. The summed E-state index contributed by atoms with van der Waals surface area (Å²) in [5.74, 6) is 0.952. The van der Waals surface area contributed by atoms with Gasteiger partial charge in [0, 0.05) is 57.4 Å². The first-order chi connectivity index (χ1) is 10.3. The van der Waals surface area contributed by atoms with E-state index >= 15 is 0 Å². The molecule has 4 heteroatoms. The van der Waals surface area contributed by atoms with Crippen LogP contribution in [0, 0.1) is 5.92 Å². The summed E-state index contributed by atoms with van der Waals surface area (Å²) < 4.78 is 0. The summed E-state index contributed by atoms with van der Waals surface area (Å²) in [6.07, 6.45) is 5.64. The summed E-state index contributed by atoms with van der Waals surface area (Å²) in [6, 6.07) is 2.63. The number of piperidine rings is 2. The minimum atomic E-state index is 0.852. The van der Waals surface area contributed by atoms with Crippen molar-refractivity contribution in [2.75, 3.05) is 52.4 Å². The molecule has 0 atom stereocenters. The predicted molar refractivity (Wildman–Crippen MR) is 86.6 cm³/mol. The van der Waals surface area contributed by atoms with E-state index in [0.29, 0.717) is 0 Å². The average Bonchev–Trinajstić information content (AvgIpc) is 2.43. The molecule has 0 aromatic rings. The van der Waals surface area contributed by atoms with Gasteiger partial charge in [-0.15, -0.1) is 0 Å². The van der Waals surface area contributed by atoms with E-state index in [9.17, 15) is 0 Å². The second-order valence-corrected chi connectivity index (χ2v) is 7.91. The quantitative estimate of drug-likeness (QED) is 0.832. The minimum Gasteiger partial charge on any atom is -0.314 e. The zero-order valence-corrected chi connectivity index (χ0v) is 13.6. The van der Waals surface area contributed by atoms with E-state index in [1.165, 1.54) is 78.0 Å². The lowest BCUT2D eigenvalue weighted by atomic mass is 9.92. The summed E-state index contributed by atoms with van der Waals surface area (Å²) >= 11 is 0. The molecule has 0 radical (unpaired) electrons. The van der Waals surface area contributed by atoms with Crippen LogP contribution >= 0.6 is 0 Å². The van der Waals surface area contributed by atoms with Crippen molar-refractivity contribution in [1.82, 2.24) is 20.0 Å². The minimum absolute atomic E-state index is 0.852. The maximum absolute atomic E-state index is 3.41. The fourth-order valence-electron chi connectivity index (χ4n) is 4.81. The lowest BCUT2D eigenvalue weighted by Crippen LogP contribution is -2.60. The molecule has 4 rings (SSSR count). The van der Waals surface area contributed by atoms with Gasteiger partial charge in [-0.3, -0.25) is 9.80 Å². The van der Waals surface area contributed by atoms with Crippen molar-refractivity contribution < 1.29 is 0 Å². The first-order valence-electron chi connectivity index (χ1n) is 9.22. The van der Waals surface area contributed by atoms with Gasteiger partial charge in [-0.25, -0.2) is 0 Å². The Balaban J connectivity index is 1.20. The highest BCUT2D eigenvalue weighted by molar-refractivity contribution is 4.92. The number of likely N-dealkylation sites (tertiary alicyclic amines) is 3. The Morgan fingerprint density at radius 2 is 1.14 bits per heavy atom. The molecule has 0 amide bonds. The second kappa shape index (κ2) is 6.15. The van der Waals surface area contributed by atoms with Gasteiger partial charge in [-0.1, -0.05) is 6.92 Å². The molecule has 0 bridgehead atoms. The van der Waals surface area contributed by atoms with E-state index in [1.54, 1.807) is 0 Å². The zero-order chi connectivity index (χ0) is 14.2. The molecule has 21 heavy (non-hydrogen) atoms. The maximum atomic E-state index is 3.41. The first kappa shape index (κ1) is 14.4. The number of nitrogens with zero attached hydrogens (tertiary/aromatic N) is 3. The lowest BCUT2D eigenvalue weighted by molar-refractivity contribution is 0.00383. The van der Waals surface area contributed by atoms with Crippen LogP contribution in [0.1, 0.15) is 32.6 Å². The average molecular weight is 292 g/mol. The van der Waals surface area contributed by atoms with Crippen LogP contribution in [0.2, 0.25) is 0 Å². The van der Waals surface area contributed by atoms with Crippen molar-refractivity contribution in [2.45, 2.75) is 50.7 Å². The number of rotatable bonds is 3.